The lowest BCUT2D eigenvalue weighted by Gasteiger charge is -2.36. The van der Waals surface area contributed by atoms with Crippen LogP contribution in [0.2, 0.25) is 0 Å². The highest BCUT2D eigenvalue weighted by Crippen LogP contribution is 2.51. The summed E-state index contributed by atoms with van der Waals surface area (Å²) in [6.45, 7) is 5.19. The van der Waals surface area contributed by atoms with E-state index in [0.717, 1.165) is 63.0 Å². The van der Waals surface area contributed by atoms with E-state index in [1.165, 1.54) is 16.7 Å². The van der Waals surface area contributed by atoms with E-state index in [0.29, 0.717) is 31.0 Å². The number of furan rings is 1. The van der Waals surface area contributed by atoms with E-state index in [4.69, 9.17) is 9.15 Å². The Balaban J connectivity index is 1.07. The van der Waals surface area contributed by atoms with E-state index in [2.05, 4.69) is 41.1 Å². The number of likely N-dealkylation sites (tertiary alicyclic amines) is 2. The molecule has 8 heteroatoms. The summed E-state index contributed by atoms with van der Waals surface area (Å²) in [5.74, 6) is 0.621. The largest absolute Gasteiger partial charge is 0.459 e. The molecule has 2 amide bonds. The van der Waals surface area contributed by atoms with Crippen molar-refractivity contribution in [1.82, 2.24) is 14.8 Å². The second kappa shape index (κ2) is 14.1. The number of hydrogen-bond donors (Lipinski definition) is 1. The number of aromatic nitrogens is 1. The summed E-state index contributed by atoms with van der Waals surface area (Å²) in [6, 6.07) is 20.0. The van der Waals surface area contributed by atoms with Gasteiger partial charge in [-0.1, -0.05) is 55.3 Å². The lowest BCUT2D eigenvalue weighted by molar-refractivity contribution is -0.144. The maximum absolute atomic E-state index is 14.2. The van der Waals surface area contributed by atoms with Crippen LogP contribution in [0.15, 0.2) is 82.4 Å². The fourth-order valence-corrected chi connectivity index (χ4v) is 8.42. The van der Waals surface area contributed by atoms with Crippen LogP contribution in [0.5, 0.6) is 0 Å². The molecule has 1 N–H and O–H groups in total. The molecule has 0 bridgehead atoms. The summed E-state index contributed by atoms with van der Waals surface area (Å²) in [4.78, 5) is 36.9. The number of fused-ring (bicyclic) bond motifs is 3. The van der Waals surface area contributed by atoms with Gasteiger partial charge in [-0.25, -0.2) is 0 Å². The SMILES string of the molecule is CCCC1=C2[C@@H](CC/C(=C/c3ccc(CO)o3)c3ccccn3)OC[C@@H]2[C@@H]2C(=O)N(C3CCN(Cc4ccccc4)CC3)C(=O)[C@@H]2C1. The molecule has 47 heavy (non-hydrogen) atoms. The number of amides is 2. The minimum atomic E-state index is -0.323. The zero-order valence-electron chi connectivity index (χ0n) is 27.2. The highest BCUT2D eigenvalue weighted by atomic mass is 16.5. The molecule has 3 aliphatic heterocycles. The first-order valence-corrected chi connectivity index (χ1v) is 17.3. The molecule has 0 radical (unpaired) electrons. The highest BCUT2D eigenvalue weighted by Gasteiger charge is 2.58. The Morgan fingerprint density at radius 2 is 1.81 bits per heavy atom. The third kappa shape index (κ3) is 6.51. The number of nitrogens with zero attached hydrogens (tertiary/aromatic N) is 3. The molecule has 1 aliphatic carbocycles. The van der Waals surface area contributed by atoms with Gasteiger partial charge in [0.1, 0.15) is 18.1 Å². The summed E-state index contributed by atoms with van der Waals surface area (Å²) in [7, 11) is 0. The number of imide groups is 1. The van der Waals surface area contributed by atoms with Gasteiger partial charge in [-0.15, -0.1) is 0 Å². The number of aliphatic hydroxyl groups excluding tert-OH is 1. The van der Waals surface area contributed by atoms with Crippen LogP contribution in [0.4, 0.5) is 0 Å². The summed E-state index contributed by atoms with van der Waals surface area (Å²) in [5, 5.41) is 9.48. The molecular formula is C39H45N3O5. The van der Waals surface area contributed by atoms with Crippen LogP contribution in [0.1, 0.15) is 74.6 Å². The lowest BCUT2D eigenvalue weighted by atomic mass is 9.68. The number of pyridine rings is 1. The molecule has 0 saturated carbocycles. The summed E-state index contributed by atoms with van der Waals surface area (Å²) < 4.78 is 12.3. The van der Waals surface area contributed by atoms with Crippen LogP contribution in [-0.2, 0) is 27.5 Å². The fourth-order valence-electron chi connectivity index (χ4n) is 8.42. The van der Waals surface area contributed by atoms with Gasteiger partial charge in [0.05, 0.1) is 30.2 Å². The van der Waals surface area contributed by atoms with Crippen molar-refractivity contribution in [3.05, 3.63) is 101 Å². The molecule has 2 aromatic heterocycles. The van der Waals surface area contributed by atoms with E-state index in [-0.39, 0.29) is 48.3 Å². The smallest absolute Gasteiger partial charge is 0.234 e. The number of aliphatic hydroxyl groups is 1. The Morgan fingerprint density at radius 3 is 2.53 bits per heavy atom. The van der Waals surface area contributed by atoms with Crippen molar-refractivity contribution in [3.8, 4) is 0 Å². The Kier molecular flexibility index (Phi) is 9.52. The van der Waals surface area contributed by atoms with Gasteiger partial charge in [-0.3, -0.25) is 24.4 Å². The summed E-state index contributed by atoms with van der Waals surface area (Å²) >= 11 is 0. The lowest BCUT2D eigenvalue weighted by Crippen LogP contribution is -2.47. The number of allylic oxidation sites excluding steroid dienone is 2. The van der Waals surface area contributed by atoms with Gasteiger partial charge in [0.15, 0.2) is 0 Å². The number of carbonyl (C=O) groups is 2. The maximum atomic E-state index is 14.2. The molecular weight excluding hydrogens is 590 g/mol. The second-order valence-electron chi connectivity index (χ2n) is 13.5. The fraction of sp³-hybridized carbons (Fsp3) is 0.462. The van der Waals surface area contributed by atoms with Gasteiger partial charge in [0.25, 0.3) is 0 Å². The molecule has 3 aromatic rings. The number of benzene rings is 1. The molecule has 1 aromatic carbocycles. The van der Waals surface area contributed by atoms with Crippen LogP contribution < -0.4 is 0 Å². The summed E-state index contributed by atoms with van der Waals surface area (Å²) in [6.07, 6.45) is 9.38. The Hall–Kier alpha value is -3.85. The van der Waals surface area contributed by atoms with Crippen molar-refractivity contribution in [2.45, 2.75) is 77.2 Å². The van der Waals surface area contributed by atoms with Gasteiger partial charge in [-0.2, -0.15) is 0 Å². The third-order valence-corrected chi connectivity index (χ3v) is 10.6. The van der Waals surface area contributed by atoms with Gasteiger partial charge in [0, 0.05) is 37.8 Å². The molecule has 4 atom stereocenters. The number of carbonyl (C=O) groups excluding carboxylic acids is 2. The second-order valence-corrected chi connectivity index (χ2v) is 13.5. The predicted molar refractivity (Wildman–Crippen MR) is 179 cm³/mol. The molecule has 8 nitrogen and oxygen atoms in total. The average molecular weight is 636 g/mol. The zero-order chi connectivity index (χ0) is 32.3. The van der Waals surface area contributed by atoms with E-state index in [9.17, 15) is 14.7 Å². The van der Waals surface area contributed by atoms with E-state index in [1.54, 1.807) is 17.2 Å². The van der Waals surface area contributed by atoms with Gasteiger partial charge >= 0.3 is 0 Å². The Labute approximate surface area is 277 Å². The first kappa shape index (κ1) is 31.7. The minimum Gasteiger partial charge on any atom is -0.459 e. The molecule has 246 valence electrons. The van der Waals surface area contributed by atoms with Crippen molar-refractivity contribution < 1.29 is 23.8 Å². The molecule has 5 heterocycles. The standard InChI is InChI=1S/C39H45N3O5/c1-2-8-28-22-32-37(39(45)42(38(32)44)29-16-19-41(20-17-29)23-26-9-4-3-5-10-26)33-25-46-35(36(28)33)15-12-27(34-11-6-7-18-40-34)21-30-13-14-31(24-43)47-30/h3-7,9-11,13-14,18,21,29,32-33,35,37,43H,2,8,12,15-17,19-20,22-25H2,1H3/b27-21-/t32-,33+,35-,37-/m1/s1. The van der Waals surface area contributed by atoms with Crippen molar-refractivity contribution >= 4 is 23.5 Å². The van der Waals surface area contributed by atoms with Crippen LogP contribution >= 0.6 is 0 Å². The number of hydrogen-bond acceptors (Lipinski definition) is 7. The molecule has 3 saturated heterocycles. The number of ether oxygens (including phenoxy) is 1. The van der Waals surface area contributed by atoms with Gasteiger partial charge < -0.3 is 14.3 Å². The van der Waals surface area contributed by atoms with E-state index >= 15 is 0 Å². The topological polar surface area (TPSA) is 96.1 Å². The maximum Gasteiger partial charge on any atom is 0.234 e. The number of piperidine rings is 1. The van der Waals surface area contributed by atoms with E-state index < -0.39 is 0 Å². The quantitative estimate of drug-likeness (QED) is 0.196. The normalized spacial score (nSPS) is 25.5. The Morgan fingerprint density at radius 1 is 1.00 bits per heavy atom. The van der Waals surface area contributed by atoms with Crippen LogP contribution in [0, 0.1) is 17.8 Å². The van der Waals surface area contributed by atoms with E-state index in [1.807, 2.05) is 36.4 Å². The first-order valence-electron chi connectivity index (χ1n) is 17.3. The molecule has 7 rings (SSSR count). The van der Waals surface area contributed by atoms with Crippen molar-refractivity contribution in [1.29, 1.82) is 0 Å². The monoisotopic (exact) mass is 635 g/mol. The molecule has 0 spiro atoms. The van der Waals surface area contributed by atoms with Gasteiger partial charge in [0.2, 0.25) is 11.8 Å². The highest BCUT2D eigenvalue weighted by molar-refractivity contribution is 6.06. The van der Waals surface area contributed by atoms with Crippen molar-refractivity contribution in [2.75, 3.05) is 19.7 Å². The number of rotatable bonds is 11. The van der Waals surface area contributed by atoms with Crippen LogP contribution in [-0.4, -0.2) is 63.5 Å². The molecule has 4 aliphatic rings. The Bertz CT molecular complexity index is 1620. The molecule has 3 fully saturated rings. The van der Waals surface area contributed by atoms with Crippen molar-refractivity contribution in [3.63, 3.8) is 0 Å². The zero-order valence-corrected chi connectivity index (χ0v) is 27.2. The first-order chi connectivity index (χ1) is 23.0. The van der Waals surface area contributed by atoms with Crippen LogP contribution in [0.25, 0.3) is 11.6 Å². The van der Waals surface area contributed by atoms with Gasteiger partial charge in [-0.05, 0) is 85.6 Å². The third-order valence-electron chi connectivity index (χ3n) is 10.6. The van der Waals surface area contributed by atoms with Crippen LogP contribution in [0.3, 0.4) is 0 Å². The summed E-state index contributed by atoms with van der Waals surface area (Å²) in [5.41, 5.74) is 5.79. The van der Waals surface area contributed by atoms with Crippen molar-refractivity contribution in [2.24, 2.45) is 17.8 Å². The predicted octanol–water partition coefficient (Wildman–Crippen LogP) is 6.27. The minimum absolute atomic E-state index is 0.0235. The average Bonchev–Trinajstić information content (AvgIpc) is 3.81. The molecule has 0 unspecified atom stereocenters.